The molecule has 1 fully saturated rings. The molecule has 1 saturated heterocycles. The molecule has 0 saturated carbocycles. The van der Waals surface area contributed by atoms with Crippen LogP contribution >= 0.6 is 0 Å². The van der Waals surface area contributed by atoms with Crippen molar-refractivity contribution < 1.29 is 9.90 Å². The van der Waals surface area contributed by atoms with E-state index in [9.17, 15) is 14.7 Å². The fraction of sp³-hybridized carbons (Fsp3) is 0.276. The van der Waals surface area contributed by atoms with Crippen LogP contribution in [0.4, 0.5) is 0 Å². The number of H-pyrrole nitrogens is 1. The smallest absolute Gasteiger partial charge is 0.293 e. The van der Waals surface area contributed by atoms with Gasteiger partial charge in [-0.1, -0.05) is 30.9 Å². The number of nitrogens with one attached hydrogen (secondary N) is 1. The zero-order valence-electron chi connectivity index (χ0n) is 20.4. The lowest BCUT2D eigenvalue weighted by Gasteiger charge is -2.32. The van der Waals surface area contributed by atoms with Crippen molar-refractivity contribution >= 4 is 5.91 Å². The minimum atomic E-state index is -0.534. The summed E-state index contributed by atoms with van der Waals surface area (Å²) in [6.07, 6.45) is 1.93. The molecule has 1 aromatic heterocycles. The van der Waals surface area contributed by atoms with Gasteiger partial charge in [-0.25, -0.2) is 4.98 Å². The standard InChI is InChI=1S/C29H28N4O3/c1-21(26-27(34)28(35)31-20-30-26)19-24-9-7-22(8-10-24)5-3-4-6-23-11-13-25(14-12-23)29(36)33-17-15-32(2)16-18-33/h7-14,20-21,34H,15-19H2,1-2H3,(H,30,31,35). The first-order valence-electron chi connectivity index (χ1n) is 11.9. The SMILES string of the molecule is CC(Cc1ccc(C#CC#Cc2ccc(C(=O)N3CCN(C)CC3)cc2)cc1)c1nc[nH]c(=O)c1O. The van der Waals surface area contributed by atoms with Crippen molar-refractivity contribution in [3.8, 4) is 29.4 Å². The molecule has 0 radical (unpaired) electrons. The molecular weight excluding hydrogens is 452 g/mol. The summed E-state index contributed by atoms with van der Waals surface area (Å²) in [6.45, 7) is 5.21. The summed E-state index contributed by atoms with van der Waals surface area (Å²) in [5, 5.41) is 9.94. The Morgan fingerprint density at radius 3 is 2.19 bits per heavy atom. The average Bonchev–Trinajstić information content (AvgIpc) is 2.89. The molecule has 3 aromatic rings. The third-order valence-electron chi connectivity index (χ3n) is 6.22. The van der Waals surface area contributed by atoms with E-state index in [4.69, 9.17) is 0 Å². The largest absolute Gasteiger partial charge is 0.502 e. The third-order valence-corrected chi connectivity index (χ3v) is 6.22. The van der Waals surface area contributed by atoms with Gasteiger partial charge in [-0.3, -0.25) is 9.59 Å². The summed E-state index contributed by atoms with van der Waals surface area (Å²) < 4.78 is 0. The number of rotatable bonds is 4. The van der Waals surface area contributed by atoms with Crippen molar-refractivity contribution in [2.45, 2.75) is 19.3 Å². The Morgan fingerprint density at radius 2 is 1.58 bits per heavy atom. The Morgan fingerprint density at radius 1 is 1.00 bits per heavy atom. The molecule has 182 valence electrons. The Balaban J connectivity index is 1.33. The zero-order chi connectivity index (χ0) is 25.5. The molecule has 1 atom stereocenters. The maximum Gasteiger partial charge on any atom is 0.293 e. The summed E-state index contributed by atoms with van der Waals surface area (Å²) in [4.78, 5) is 34.8. The molecule has 0 spiro atoms. The van der Waals surface area contributed by atoms with Gasteiger partial charge in [-0.15, -0.1) is 0 Å². The third kappa shape index (κ3) is 6.21. The lowest BCUT2D eigenvalue weighted by Crippen LogP contribution is -2.47. The number of carbonyl (C=O) groups is 1. The molecule has 1 aliphatic heterocycles. The van der Waals surface area contributed by atoms with E-state index in [1.165, 1.54) is 6.33 Å². The maximum atomic E-state index is 12.6. The van der Waals surface area contributed by atoms with Gasteiger partial charge in [0, 0.05) is 48.8 Å². The van der Waals surface area contributed by atoms with Crippen LogP contribution in [-0.4, -0.2) is 64.0 Å². The Labute approximate surface area is 210 Å². The molecule has 2 N–H and O–H groups in total. The summed E-state index contributed by atoms with van der Waals surface area (Å²) in [6, 6.07) is 15.1. The van der Waals surface area contributed by atoms with Gasteiger partial charge in [0.1, 0.15) is 0 Å². The lowest BCUT2D eigenvalue weighted by molar-refractivity contribution is 0.0664. The van der Waals surface area contributed by atoms with Crippen molar-refractivity contribution in [3.05, 3.63) is 93.2 Å². The van der Waals surface area contributed by atoms with Gasteiger partial charge in [-0.2, -0.15) is 0 Å². The Bertz CT molecular complexity index is 1400. The molecule has 0 aliphatic carbocycles. The highest BCUT2D eigenvalue weighted by Gasteiger charge is 2.20. The molecule has 1 unspecified atom stereocenters. The van der Waals surface area contributed by atoms with Gasteiger partial charge in [0.25, 0.3) is 11.5 Å². The monoisotopic (exact) mass is 480 g/mol. The van der Waals surface area contributed by atoms with Crippen LogP contribution in [-0.2, 0) is 6.42 Å². The van der Waals surface area contributed by atoms with Gasteiger partial charge < -0.3 is 19.9 Å². The number of aromatic hydroxyl groups is 1. The number of amides is 1. The number of benzene rings is 2. The molecule has 36 heavy (non-hydrogen) atoms. The van der Waals surface area contributed by atoms with E-state index < -0.39 is 5.56 Å². The molecule has 1 aliphatic rings. The number of likely N-dealkylation sites (N-methyl/N-ethyl adjacent to an activating group) is 1. The highest BCUT2D eigenvalue weighted by molar-refractivity contribution is 5.94. The number of hydrogen-bond donors (Lipinski definition) is 2. The molecule has 7 heteroatoms. The fourth-order valence-electron chi connectivity index (χ4n) is 4.04. The van der Waals surface area contributed by atoms with E-state index in [1.807, 2.05) is 60.4 Å². The van der Waals surface area contributed by atoms with Gasteiger partial charge in [0.05, 0.1) is 12.0 Å². The van der Waals surface area contributed by atoms with Crippen molar-refractivity contribution in [2.24, 2.45) is 0 Å². The van der Waals surface area contributed by atoms with E-state index in [2.05, 4.69) is 45.6 Å². The van der Waals surface area contributed by atoms with Crippen LogP contribution in [0.25, 0.3) is 0 Å². The van der Waals surface area contributed by atoms with Crippen LogP contribution in [0.3, 0.4) is 0 Å². The first kappa shape index (κ1) is 24.8. The highest BCUT2D eigenvalue weighted by atomic mass is 16.3. The highest BCUT2D eigenvalue weighted by Crippen LogP contribution is 2.23. The summed E-state index contributed by atoms with van der Waals surface area (Å²) in [5.41, 5.74) is 3.22. The predicted octanol–water partition coefficient (Wildman–Crippen LogP) is 2.61. The Kier molecular flexibility index (Phi) is 7.85. The average molecular weight is 481 g/mol. The Hall–Kier alpha value is -4.33. The minimum absolute atomic E-state index is 0.0609. The number of carbonyl (C=O) groups excluding carboxylic acids is 1. The van der Waals surface area contributed by atoms with Crippen molar-refractivity contribution in [1.29, 1.82) is 0 Å². The molecule has 4 rings (SSSR count). The van der Waals surface area contributed by atoms with Crippen LogP contribution in [0.2, 0.25) is 0 Å². The van der Waals surface area contributed by atoms with Crippen molar-refractivity contribution in [1.82, 2.24) is 19.8 Å². The first-order chi connectivity index (χ1) is 17.4. The van der Waals surface area contributed by atoms with E-state index in [0.29, 0.717) is 17.7 Å². The van der Waals surface area contributed by atoms with Gasteiger partial charge >= 0.3 is 0 Å². The molecular formula is C29H28N4O3. The molecule has 2 aromatic carbocycles. The van der Waals surface area contributed by atoms with Crippen LogP contribution in [0.15, 0.2) is 59.7 Å². The topological polar surface area (TPSA) is 89.5 Å². The number of hydrogen-bond acceptors (Lipinski definition) is 5. The summed E-state index contributed by atoms with van der Waals surface area (Å²) in [5.74, 6) is 11.4. The van der Waals surface area contributed by atoms with E-state index in [1.54, 1.807) is 0 Å². The zero-order valence-corrected chi connectivity index (χ0v) is 20.4. The van der Waals surface area contributed by atoms with Gasteiger partial charge in [-0.05, 0) is 67.3 Å². The molecule has 7 nitrogen and oxygen atoms in total. The van der Waals surface area contributed by atoms with Crippen LogP contribution in [0, 0.1) is 23.7 Å². The van der Waals surface area contributed by atoms with Crippen molar-refractivity contribution in [2.75, 3.05) is 33.2 Å². The van der Waals surface area contributed by atoms with E-state index in [-0.39, 0.29) is 17.6 Å². The number of nitrogens with zero attached hydrogens (tertiary/aromatic N) is 3. The second kappa shape index (κ2) is 11.4. The summed E-state index contributed by atoms with van der Waals surface area (Å²) in [7, 11) is 2.07. The molecule has 1 amide bonds. The number of aromatic amines is 1. The molecule has 2 heterocycles. The van der Waals surface area contributed by atoms with Crippen LogP contribution in [0.1, 0.15) is 45.6 Å². The predicted molar refractivity (Wildman–Crippen MR) is 139 cm³/mol. The number of piperazine rings is 1. The maximum absolute atomic E-state index is 12.6. The first-order valence-corrected chi connectivity index (χ1v) is 11.9. The van der Waals surface area contributed by atoms with Crippen LogP contribution < -0.4 is 5.56 Å². The normalized spacial score (nSPS) is 14.2. The van der Waals surface area contributed by atoms with Gasteiger partial charge in [0.2, 0.25) is 5.75 Å². The van der Waals surface area contributed by atoms with Crippen LogP contribution in [0.5, 0.6) is 5.75 Å². The number of aromatic nitrogens is 2. The van der Waals surface area contributed by atoms with E-state index >= 15 is 0 Å². The second-order valence-electron chi connectivity index (χ2n) is 8.94. The van der Waals surface area contributed by atoms with Gasteiger partial charge in [0.15, 0.2) is 0 Å². The van der Waals surface area contributed by atoms with E-state index in [0.717, 1.165) is 42.9 Å². The lowest BCUT2D eigenvalue weighted by atomic mass is 9.96. The van der Waals surface area contributed by atoms with Crippen molar-refractivity contribution in [3.63, 3.8) is 0 Å². The quantitative estimate of drug-likeness (QED) is 0.561. The fourth-order valence-corrected chi connectivity index (χ4v) is 4.04. The minimum Gasteiger partial charge on any atom is -0.502 e. The second-order valence-corrected chi connectivity index (χ2v) is 8.94. The molecule has 0 bridgehead atoms. The summed E-state index contributed by atoms with van der Waals surface area (Å²) >= 11 is 0.